The quantitative estimate of drug-likeness (QED) is 0.144. The molecule has 0 spiro atoms. The van der Waals surface area contributed by atoms with Crippen LogP contribution in [0.3, 0.4) is 0 Å². The number of nitrogens with zero attached hydrogens (tertiary/aromatic N) is 3. The molecular formula is C60H51N3. The van der Waals surface area contributed by atoms with E-state index in [4.69, 9.17) is 0 Å². The predicted molar refractivity (Wildman–Crippen MR) is 266 cm³/mol. The number of rotatable bonds is 9. The molecule has 0 saturated carbocycles. The van der Waals surface area contributed by atoms with E-state index in [0.717, 1.165) is 64.0 Å². The number of hydrogen-bond donors (Lipinski definition) is 0. The molecule has 0 heterocycles. The molecule has 0 aromatic heterocycles. The van der Waals surface area contributed by atoms with E-state index in [9.17, 15) is 0 Å². The van der Waals surface area contributed by atoms with E-state index in [-0.39, 0.29) is 10.8 Å². The minimum Gasteiger partial charge on any atom is -0.311 e. The van der Waals surface area contributed by atoms with Crippen molar-refractivity contribution in [3.63, 3.8) is 0 Å². The third-order valence-electron chi connectivity index (χ3n) is 13.6. The van der Waals surface area contributed by atoms with Crippen LogP contribution in [0.25, 0.3) is 16.7 Å². The van der Waals surface area contributed by atoms with Crippen molar-refractivity contribution in [1.29, 1.82) is 0 Å². The molecule has 8 aromatic carbocycles. The van der Waals surface area contributed by atoms with Crippen LogP contribution in [-0.4, -0.2) is 0 Å². The molecule has 3 aliphatic rings. The van der Waals surface area contributed by atoms with Crippen LogP contribution in [0.1, 0.15) is 62.8 Å². The summed E-state index contributed by atoms with van der Waals surface area (Å²) in [6.07, 6.45) is 7.21. The van der Waals surface area contributed by atoms with Crippen LogP contribution in [0, 0.1) is 0 Å². The molecule has 63 heavy (non-hydrogen) atoms. The van der Waals surface area contributed by atoms with Gasteiger partial charge in [0.05, 0.1) is 0 Å². The second kappa shape index (κ2) is 15.2. The lowest BCUT2D eigenvalue weighted by Gasteiger charge is -2.30. The summed E-state index contributed by atoms with van der Waals surface area (Å²) in [5, 5.41) is 0. The van der Waals surface area contributed by atoms with Gasteiger partial charge in [0, 0.05) is 62.0 Å². The Kier molecular flexibility index (Phi) is 9.31. The lowest BCUT2D eigenvalue weighted by atomic mass is 9.79. The molecule has 0 radical (unpaired) electrons. The fourth-order valence-corrected chi connectivity index (χ4v) is 10.5. The number of para-hydroxylation sites is 4. The molecule has 0 unspecified atom stereocenters. The van der Waals surface area contributed by atoms with E-state index in [1.54, 1.807) is 0 Å². The van der Waals surface area contributed by atoms with Crippen molar-refractivity contribution in [3.8, 4) is 11.1 Å². The van der Waals surface area contributed by atoms with Gasteiger partial charge in [-0.3, -0.25) is 0 Å². The third kappa shape index (κ3) is 6.50. The summed E-state index contributed by atoms with van der Waals surface area (Å²) in [6.45, 7) is 9.65. The minimum absolute atomic E-state index is 0.00815. The van der Waals surface area contributed by atoms with Crippen molar-refractivity contribution >= 4 is 56.8 Å². The summed E-state index contributed by atoms with van der Waals surface area (Å²) in [5.41, 5.74) is 21.1. The van der Waals surface area contributed by atoms with Crippen LogP contribution in [0.5, 0.6) is 0 Å². The molecule has 0 fully saturated rings. The van der Waals surface area contributed by atoms with Crippen molar-refractivity contribution in [3.05, 3.63) is 240 Å². The van der Waals surface area contributed by atoms with Crippen molar-refractivity contribution in [2.45, 2.75) is 51.4 Å². The van der Waals surface area contributed by atoms with E-state index in [2.05, 4.69) is 255 Å². The highest BCUT2D eigenvalue weighted by molar-refractivity contribution is 5.95. The first kappa shape index (κ1) is 38.6. The first-order chi connectivity index (χ1) is 30.8. The Morgan fingerprint density at radius 3 is 1.08 bits per heavy atom. The molecule has 0 saturated heterocycles. The van der Waals surface area contributed by atoms with E-state index in [1.807, 2.05) is 0 Å². The topological polar surface area (TPSA) is 9.72 Å². The van der Waals surface area contributed by atoms with Crippen molar-refractivity contribution < 1.29 is 0 Å². The van der Waals surface area contributed by atoms with Gasteiger partial charge in [0.15, 0.2) is 0 Å². The highest BCUT2D eigenvalue weighted by atomic mass is 15.2. The lowest BCUT2D eigenvalue weighted by Crippen LogP contribution is -2.18. The van der Waals surface area contributed by atoms with E-state index < -0.39 is 0 Å². The Balaban J connectivity index is 1.03. The zero-order valence-electron chi connectivity index (χ0n) is 36.5. The summed E-state index contributed by atoms with van der Waals surface area (Å²) >= 11 is 0. The summed E-state index contributed by atoms with van der Waals surface area (Å²) in [7, 11) is 0. The second-order valence-corrected chi connectivity index (χ2v) is 18.1. The van der Waals surface area contributed by atoms with Gasteiger partial charge in [-0.1, -0.05) is 119 Å². The maximum Gasteiger partial charge on any atom is 0.0465 e. The normalized spacial score (nSPS) is 15.0. The largest absolute Gasteiger partial charge is 0.311 e. The lowest BCUT2D eigenvalue weighted by molar-refractivity contribution is 0.648. The molecule has 3 aliphatic carbocycles. The molecule has 3 heteroatoms. The average Bonchev–Trinajstić information content (AvgIpc) is 3.69. The van der Waals surface area contributed by atoms with Gasteiger partial charge in [-0.2, -0.15) is 0 Å². The fourth-order valence-electron chi connectivity index (χ4n) is 10.5. The Morgan fingerprint density at radius 1 is 0.302 bits per heavy atom. The SMILES string of the molecule is CC1(C)C2=CCCC=C2c2cc3c(cc21)-c1ccc(N(c2ccc(N(c4ccccc4)c4ccccc4)cc2)c2ccc(N(c4ccccc4)c4ccccc4)cc2)cc1C3(C)C. The van der Waals surface area contributed by atoms with Crippen LogP contribution >= 0.6 is 0 Å². The monoisotopic (exact) mass is 813 g/mol. The predicted octanol–water partition coefficient (Wildman–Crippen LogP) is 16.8. The fraction of sp³-hybridized carbons (Fsp3) is 0.133. The van der Waals surface area contributed by atoms with Crippen LogP contribution < -0.4 is 14.7 Å². The van der Waals surface area contributed by atoms with Crippen LogP contribution in [-0.2, 0) is 10.8 Å². The maximum absolute atomic E-state index is 2.54. The number of benzene rings is 8. The first-order valence-electron chi connectivity index (χ1n) is 22.3. The Bertz CT molecular complexity index is 2810. The molecule has 0 aliphatic heterocycles. The van der Waals surface area contributed by atoms with E-state index in [0.29, 0.717) is 0 Å². The number of fused-ring (bicyclic) bond motifs is 6. The van der Waals surface area contributed by atoms with Gasteiger partial charge in [0.2, 0.25) is 0 Å². The highest BCUT2D eigenvalue weighted by Gasteiger charge is 2.43. The zero-order valence-corrected chi connectivity index (χ0v) is 36.5. The van der Waals surface area contributed by atoms with Crippen molar-refractivity contribution in [2.24, 2.45) is 0 Å². The van der Waals surface area contributed by atoms with Gasteiger partial charge < -0.3 is 14.7 Å². The minimum atomic E-state index is -0.182. The summed E-state index contributed by atoms with van der Waals surface area (Å²) in [6, 6.07) is 72.8. The van der Waals surface area contributed by atoms with Crippen LogP contribution in [0.4, 0.5) is 51.2 Å². The Labute approximate surface area is 372 Å². The van der Waals surface area contributed by atoms with Gasteiger partial charge in [0.1, 0.15) is 0 Å². The highest BCUT2D eigenvalue weighted by Crippen LogP contribution is 2.58. The number of allylic oxidation sites excluding steroid dienone is 4. The molecule has 0 bridgehead atoms. The molecule has 306 valence electrons. The van der Waals surface area contributed by atoms with Gasteiger partial charge in [0.25, 0.3) is 0 Å². The Hall–Kier alpha value is -7.36. The first-order valence-corrected chi connectivity index (χ1v) is 22.3. The average molecular weight is 814 g/mol. The van der Waals surface area contributed by atoms with E-state index >= 15 is 0 Å². The van der Waals surface area contributed by atoms with Gasteiger partial charge in [-0.25, -0.2) is 0 Å². The van der Waals surface area contributed by atoms with Gasteiger partial charge in [-0.15, -0.1) is 0 Å². The third-order valence-corrected chi connectivity index (χ3v) is 13.6. The van der Waals surface area contributed by atoms with Crippen LogP contribution in [0.2, 0.25) is 0 Å². The number of anilines is 9. The molecule has 3 nitrogen and oxygen atoms in total. The Morgan fingerprint density at radius 2 is 0.635 bits per heavy atom. The maximum atomic E-state index is 2.54. The summed E-state index contributed by atoms with van der Waals surface area (Å²) in [4.78, 5) is 7.06. The molecule has 0 atom stereocenters. The molecular weight excluding hydrogens is 763 g/mol. The van der Waals surface area contributed by atoms with E-state index in [1.165, 1.54) is 44.5 Å². The second-order valence-electron chi connectivity index (χ2n) is 18.1. The zero-order chi connectivity index (χ0) is 42.7. The molecule has 8 aromatic rings. The number of hydrogen-bond acceptors (Lipinski definition) is 3. The van der Waals surface area contributed by atoms with Gasteiger partial charge in [-0.05, 0) is 179 Å². The van der Waals surface area contributed by atoms with Gasteiger partial charge >= 0.3 is 0 Å². The van der Waals surface area contributed by atoms with Crippen molar-refractivity contribution in [2.75, 3.05) is 14.7 Å². The molecule has 0 N–H and O–H groups in total. The standard InChI is InChI=1S/C60H51N3/c1-59(2)55-28-18-17-27-51(55)53-40-58-54(41-57(53)59)52-38-37-50(39-56(52)60(58,3)4)63(48-33-29-46(30-34-48)61(42-19-9-5-10-20-42)43-21-11-6-12-22-43)49-35-31-47(32-36-49)62(44-23-13-7-14-24-44)45-25-15-8-16-26-45/h5-16,19-41H,17-18H2,1-4H3. The molecule has 0 amide bonds. The summed E-state index contributed by atoms with van der Waals surface area (Å²) < 4.78 is 0. The smallest absolute Gasteiger partial charge is 0.0465 e. The summed E-state index contributed by atoms with van der Waals surface area (Å²) in [5.74, 6) is 0. The van der Waals surface area contributed by atoms with Crippen molar-refractivity contribution in [1.82, 2.24) is 0 Å². The van der Waals surface area contributed by atoms with Crippen LogP contribution in [0.15, 0.2) is 218 Å². The molecule has 11 rings (SSSR count).